The van der Waals surface area contributed by atoms with Crippen LogP contribution >= 0.6 is 0 Å². The molecule has 1 N–H and O–H groups in total. The molecule has 0 aromatic rings. The zero-order valence-corrected chi connectivity index (χ0v) is 61.6. The number of ether oxygens (including phenoxy) is 4. The molecule has 0 saturated heterocycles. The average molecular weight is 1340 g/mol. The summed E-state index contributed by atoms with van der Waals surface area (Å²) in [6.07, 6.45) is 117. The SMILES string of the molecule is CC/C=C\C/C=C\C/C=C\C/C=C\C/C=C\C/C=C\C/C=C\C/C=C\C/C=C\C/C=C\CCCCCCCCCCCCC(=O)OC(COC(=O)CCCCC/C=C\C/C=C\C/C=C\C/C=C\C/C=C\C/C=C\C/C=C\C/C=C\C/C=C\CC)COC(OCC[N+](C)(C)C)C(=O)O. The number of esters is 2. The number of allylic oxidation sites excluding steroid dienone is 38. The molecule has 2 atom stereocenters. The number of nitrogens with zero attached hydrogens (tertiary/aromatic N) is 1. The number of unbranched alkanes of at least 4 members (excludes halogenated alkanes) is 13. The van der Waals surface area contributed by atoms with Crippen molar-refractivity contribution in [3.8, 4) is 0 Å². The molecule has 0 fully saturated rings. The van der Waals surface area contributed by atoms with Gasteiger partial charge in [-0.15, -0.1) is 0 Å². The Bertz CT molecular complexity index is 2450. The summed E-state index contributed by atoms with van der Waals surface area (Å²) in [6, 6.07) is 0. The number of quaternary nitrogens is 1. The maximum absolute atomic E-state index is 13.0. The van der Waals surface area contributed by atoms with Crippen LogP contribution in [0.2, 0.25) is 0 Å². The van der Waals surface area contributed by atoms with Crippen molar-refractivity contribution in [3.05, 3.63) is 231 Å². The van der Waals surface area contributed by atoms with Crippen molar-refractivity contribution in [2.75, 3.05) is 47.5 Å². The predicted octanol–water partition coefficient (Wildman–Crippen LogP) is 24.2. The van der Waals surface area contributed by atoms with Crippen LogP contribution in [0.3, 0.4) is 0 Å². The van der Waals surface area contributed by atoms with Gasteiger partial charge >= 0.3 is 17.9 Å². The lowest BCUT2D eigenvalue weighted by molar-refractivity contribution is -0.870. The number of aliphatic carboxylic acids is 1. The number of carbonyl (C=O) groups is 3. The second kappa shape index (κ2) is 75.1. The van der Waals surface area contributed by atoms with Gasteiger partial charge in [-0.3, -0.25) is 9.59 Å². The topological polar surface area (TPSA) is 108 Å². The Labute approximate surface area is 593 Å². The first-order valence-electron chi connectivity index (χ1n) is 37.5. The molecule has 540 valence electrons. The van der Waals surface area contributed by atoms with Gasteiger partial charge in [0.1, 0.15) is 13.2 Å². The summed E-state index contributed by atoms with van der Waals surface area (Å²) in [6.45, 7) is 4.57. The smallest absolute Gasteiger partial charge is 0.361 e. The van der Waals surface area contributed by atoms with E-state index in [0.717, 1.165) is 167 Å². The summed E-state index contributed by atoms with van der Waals surface area (Å²) in [5.41, 5.74) is 0. The van der Waals surface area contributed by atoms with Gasteiger partial charge < -0.3 is 28.5 Å². The van der Waals surface area contributed by atoms with Crippen molar-refractivity contribution in [3.63, 3.8) is 0 Å². The zero-order chi connectivity index (χ0) is 70.4. The Morgan fingerprint density at radius 2 is 0.557 bits per heavy atom. The largest absolute Gasteiger partial charge is 0.477 e. The van der Waals surface area contributed by atoms with E-state index in [1.165, 1.54) is 38.5 Å². The Morgan fingerprint density at radius 3 is 0.835 bits per heavy atom. The van der Waals surface area contributed by atoms with E-state index in [-0.39, 0.29) is 38.6 Å². The minimum Gasteiger partial charge on any atom is -0.477 e. The van der Waals surface area contributed by atoms with Gasteiger partial charge in [0, 0.05) is 12.8 Å². The van der Waals surface area contributed by atoms with Crippen molar-refractivity contribution in [1.29, 1.82) is 0 Å². The van der Waals surface area contributed by atoms with Crippen LogP contribution in [0.1, 0.15) is 245 Å². The molecule has 0 amide bonds. The molecule has 0 rings (SSSR count). The molecule has 97 heavy (non-hydrogen) atoms. The minimum absolute atomic E-state index is 0.168. The fourth-order valence-corrected chi connectivity index (χ4v) is 9.27. The van der Waals surface area contributed by atoms with Gasteiger partial charge in [0.25, 0.3) is 6.29 Å². The van der Waals surface area contributed by atoms with Crippen molar-refractivity contribution < 1.29 is 42.9 Å². The molecule has 0 spiro atoms. The number of carbonyl (C=O) groups excluding carboxylic acids is 2. The second-order valence-electron chi connectivity index (χ2n) is 25.1. The van der Waals surface area contributed by atoms with Gasteiger partial charge in [-0.1, -0.05) is 303 Å². The highest BCUT2D eigenvalue weighted by molar-refractivity contribution is 5.71. The zero-order valence-electron chi connectivity index (χ0n) is 61.6. The highest BCUT2D eigenvalue weighted by Crippen LogP contribution is 2.15. The van der Waals surface area contributed by atoms with Crippen LogP contribution in [0.15, 0.2) is 231 Å². The maximum atomic E-state index is 13.0. The fourth-order valence-electron chi connectivity index (χ4n) is 9.27. The number of hydrogen-bond donors (Lipinski definition) is 1. The van der Waals surface area contributed by atoms with Crippen LogP contribution in [-0.4, -0.2) is 87.4 Å². The molecule has 0 aliphatic rings. The summed E-state index contributed by atoms with van der Waals surface area (Å²) in [5, 5.41) is 9.76. The fraction of sp³-hybridized carbons (Fsp3) is 0.534. The molecule has 0 aliphatic carbocycles. The third-order valence-corrected chi connectivity index (χ3v) is 14.9. The van der Waals surface area contributed by atoms with Gasteiger partial charge in [-0.05, 0) is 161 Å². The summed E-state index contributed by atoms with van der Waals surface area (Å²) < 4.78 is 22.9. The van der Waals surface area contributed by atoms with Gasteiger partial charge in [-0.2, -0.15) is 0 Å². The first-order valence-corrected chi connectivity index (χ1v) is 37.5. The molecule has 0 aromatic heterocycles. The van der Waals surface area contributed by atoms with Crippen molar-refractivity contribution in [2.45, 2.75) is 257 Å². The number of hydrogen-bond acceptors (Lipinski definition) is 7. The van der Waals surface area contributed by atoms with Crippen LogP contribution in [0.5, 0.6) is 0 Å². The Morgan fingerprint density at radius 1 is 0.309 bits per heavy atom. The Hall–Kier alpha value is -6.65. The molecular formula is C88H136NO8+. The normalized spacial score (nSPS) is 14.0. The number of rotatable bonds is 66. The first-order chi connectivity index (χ1) is 47.6. The monoisotopic (exact) mass is 1340 g/mol. The summed E-state index contributed by atoms with van der Waals surface area (Å²) in [7, 11) is 5.95. The van der Waals surface area contributed by atoms with Crippen molar-refractivity contribution >= 4 is 17.9 Å². The molecule has 0 radical (unpaired) electrons. The number of carboxylic acid groups (broad SMARTS) is 1. The van der Waals surface area contributed by atoms with E-state index in [4.69, 9.17) is 18.9 Å². The van der Waals surface area contributed by atoms with E-state index in [1.807, 2.05) is 21.1 Å². The van der Waals surface area contributed by atoms with Gasteiger partial charge in [0.15, 0.2) is 6.10 Å². The highest BCUT2D eigenvalue weighted by atomic mass is 16.7. The predicted molar refractivity (Wildman–Crippen MR) is 418 cm³/mol. The molecule has 9 nitrogen and oxygen atoms in total. The standard InChI is InChI=1S/C88H135NO8/c1-6-8-10-12-14-16-18-20-22-24-26-28-30-32-34-36-38-39-40-41-42-43-44-45-46-47-49-51-53-55-57-59-61-63-65-67-69-71-73-75-77-79-86(91)97-84(83-96-88(87(92)93)94-81-80-89(3,4)5)82-95-85(90)78-76-74-72-70-68-66-64-62-60-58-56-54-52-50-48-37-35-33-31-29-27-25-23-21-19-17-15-13-11-9-7-2/h8-11,14-17,20-23,26-29,32-35,38-39,41-42,44-45,47-50,53-56,60,62,66,68,84,88H,6-7,12-13,18-19,24-25,30-31,36-37,40,43,46,51-52,57-59,61,63-65,67,69-83H2,1-5H3/p+1/b10-8-,11-9-,16-14-,17-15-,22-20-,23-21-,28-26-,29-27-,34-32-,35-33-,39-38-,42-41-,45-44-,49-47-,50-48-,55-53-,56-54-,62-60-,68-66-. The van der Waals surface area contributed by atoms with Gasteiger partial charge in [-0.25, -0.2) is 4.79 Å². The number of carboxylic acids is 1. The number of likely N-dealkylation sites (N-methyl/N-ethyl adjacent to an activating group) is 1. The van der Waals surface area contributed by atoms with Crippen LogP contribution < -0.4 is 0 Å². The van der Waals surface area contributed by atoms with Crippen molar-refractivity contribution in [1.82, 2.24) is 0 Å². The molecule has 0 aliphatic heterocycles. The maximum Gasteiger partial charge on any atom is 0.361 e. The molecular weight excluding hydrogens is 1200 g/mol. The van der Waals surface area contributed by atoms with Crippen LogP contribution in [0.4, 0.5) is 0 Å². The lowest BCUT2D eigenvalue weighted by atomic mass is 10.0. The summed E-state index contributed by atoms with van der Waals surface area (Å²) >= 11 is 0. The van der Waals surface area contributed by atoms with Crippen LogP contribution in [0, 0.1) is 0 Å². The average Bonchev–Trinajstić information content (AvgIpc) is 3.27. The van der Waals surface area contributed by atoms with E-state index in [1.54, 1.807) is 0 Å². The lowest BCUT2D eigenvalue weighted by Crippen LogP contribution is -2.40. The molecule has 0 bridgehead atoms. The van der Waals surface area contributed by atoms with Gasteiger partial charge in [0.05, 0.1) is 34.4 Å². The first kappa shape index (κ1) is 90.4. The Kier molecular flexibility index (Phi) is 70.0. The minimum atomic E-state index is -1.54. The van der Waals surface area contributed by atoms with E-state index >= 15 is 0 Å². The summed E-state index contributed by atoms with van der Waals surface area (Å²) in [5.74, 6) is -2.08. The van der Waals surface area contributed by atoms with Crippen LogP contribution in [-0.2, 0) is 33.3 Å². The third kappa shape index (κ3) is 76.6. The van der Waals surface area contributed by atoms with E-state index in [9.17, 15) is 19.5 Å². The summed E-state index contributed by atoms with van der Waals surface area (Å²) in [4.78, 5) is 37.7. The molecule has 0 aromatic carbocycles. The quantitative estimate of drug-likeness (QED) is 0.0211. The van der Waals surface area contributed by atoms with E-state index in [0.29, 0.717) is 23.9 Å². The molecule has 2 unspecified atom stereocenters. The van der Waals surface area contributed by atoms with Crippen molar-refractivity contribution in [2.24, 2.45) is 0 Å². The molecule has 9 heteroatoms. The second-order valence-corrected chi connectivity index (χ2v) is 25.1. The molecule has 0 saturated carbocycles. The van der Waals surface area contributed by atoms with E-state index in [2.05, 4.69) is 245 Å². The third-order valence-electron chi connectivity index (χ3n) is 14.9. The highest BCUT2D eigenvalue weighted by Gasteiger charge is 2.25. The van der Waals surface area contributed by atoms with E-state index < -0.39 is 24.3 Å². The Balaban J connectivity index is 4.24. The lowest BCUT2D eigenvalue weighted by Gasteiger charge is -2.25. The van der Waals surface area contributed by atoms with Crippen LogP contribution in [0.25, 0.3) is 0 Å². The van der Waals surface area contributed by atoms with Gasteiger partial charge in [0.2, 0.25) is 0 Å². The molecule has 0 heterocycles.